The summed E-state index contributed by atoms with van der Waals surface area (Å²) in [5, 5.41) is 3.31. The van der Waals surface area contributed by atoms with Crippen LogP contribution in [-0.2, 0) is 0 Å². The third kappa shape index (κ3) is 3.40. The Morgan fingerprint density at radius 1 is 0.767 bits per heavy atom. The summed E-state index contributed by atoms with van der Waals surface area (Å²) in [6, 6.07) is 30.3. The van der Waals surface area contributed by atoms with Gasteiger partial charge in [-0.25, -0.2) is 9.78 Å². The number of ether oxygens (including phenoxy) is 1. The molecule has 0 aliphatic rings. The molecule has 0 spiro atoms. The molecule has 0 saturated carbocycles. The highest BCUT2D eigenvalue weighted by atomic mass is 35.5. The van der Waals surface area contributed by atoms with Crippen molar-refractivity contribution in [1.82, 2.24) is 4.98 Å². The lowest BCUT2D eigenvalue weighted by atomic mass is 10.0. The second kappa shape index (κ2) is 7.62. The summed E-state index contributed by atoms with van der Waals surface area (Å²) >= 11 is 6.02. The average Bonchev–Trinajstić information content (AvgIpc) is 2.79. The number of aromatic nitrogens is 1. The van der Waals surface area contributed by atoms with Crippen molar-refractivity contribution in [1.29, 1.82) is 0 Å². The summed E-state index contributed by atoms with van der Waals surface area (Å²) in [4.78, 5) is 18.0. The number of para-hydroxylation sites is 1. The Morgan fingerprint density at radius 3 is 2.30 bits per heavy atom. The fourth-order valence-corrected chi connectivity index (χ4v) is 3.68. The SMILES string of the molecule is O=C(Oc1cccc2ccccc12)c1cc(-c2ccc(Cl)cc2)nc2ccccc12. The minimum atomic E-state index is -0.417. The van der Waals surface area contributed by atoms with Gasteiger partial charge < -0.3 is 4.74 Å². The summed E-state index contributed by atoms with van der Waals surface area (Å²) in [6.45, 7) is 0. The molecule has 0 amide bonds. The molecular formula is C26H16ClNO2. The van der Waals surface area contributed by atoms with E-state index in [1.807, 2.05) is 91.0 Å². The number of carbonyl (C=O) groups is 1. The maximum absolute atomic E-state index is 13.2. The molecule has 0 fully saturated rings. The molecule has 0 radical (unpaired) electrons. The topological polar surface area (TPSA) is 39.2 Å². The molecular weight excluding hydrogens is 394 g/mol. The van der Waals surface area contributed by atoms with Gasteiger partial charge in [0.05, 0.1) is 16.8 Å². The predicted octanol–water partition coefficient (Wildman–Crippen LogP) is 6.93. The average molecular weight is 410 g/mol. The van der Waals surface area contributed by atoms with Crippen molar-refractivity contribution in [3.8, 4) is 17.0 Å². The molecule has 0 N–H and O–H groups in total. The Labute approximate surface area is 178 Å². The predicted molar refractivity (Wildman–Crippen MR) is 121 cm³/mol. The minimum Gasteiger partial charge on any atom is -0.422 e. The number of halogens is 1. The molecule has 0 atom stereocenters. The van der Waals surface area contributed by atoms with E-state index < -0.39 is 5.97 Å². The number of fused-ring (bicyclic) bond motifs is 2. The van der Waals surface area contributed by atoms with Crippen LogP contribution in [0.1, 0.15) is 10.4 Å². The van der Waals surface area contributed by atoms with Gasteiger partial charge in [0.25, 0.3) is 0 Å². The number of pyridine rings is 1. The maximum atomic E-state index is 13.2. The lowest BCUT2D eigenvalue weighted by Crippen LogP contribution is -2.10. The van der Waals surface area contributed by atoms with E-state index in [1.165, 1.54) is 0 Å². The van der Waals surface area contributed by atoms with Crippen LogP contribution in [0.15, 0.2) is 97.1 Å². The van der Waals surface area contributed by atoms with Gasteiger partial charge in [-0.2, -0.15) is 0 Å². The van der Waals surface area contributed by atoms with Crippen molar-refractivity contribution in [2.45, 2.75) is 0 Å². The van der Waals surface area contributed by atoms with Gasteiger partial charge in [0.2, 0.25) is 0 Å². The highest BCUT2D eigenvalue weighted by Gasteiger charge is 2.17. The largest absolute Gasteiger partial charge is 0.422 e. The molecule has 0 saturated heterocycles. The Morgan fingerprint density at radius 2 is 1.47 bits per heavy atom. The zero-order valence-electron chi connectivity index (χ0n) is 15.9. The van der Waals surface area contributed by atoms with Gasteiger partial charge in [-0.1, -0.05) is 78.3 Å². The first-order valence-corrected chi connectivity index (χ1v) is 9.92. The van der Waals surface area contributed by atoms with Crippen LogP contribution in [-0.4, -0.2) is 11.0 Å². The van der Waals surface area contributed by atoms with Crippen LogP contribution in [0.25, 0.3) is 32.9 Å². The van der Waals surface area contributed by atoms with Gasteiger partial charge in [0.15, 0.2) is 0 Å². The normalized spacial score (nSPS) is 11.0. The van der Waals surface area contributed by atoms with E-state index in [1.54, 1.807) is 6.07 Å². The van der Waals surface area contributed by atoms with Crippen molar-refractivity contribution >= 4 is 39.2 Å². The van der Waals surface area contributed by atoms with Gasteiger partial charge in [-0.05, 0) is 35.7 Å². The maximum Gasteiger partial charge on any atom is 0.344 e. The van der Waals surface area contributed by atoms with Crippen LogP contribution in [0, 0.1) is 0 Å². The lowest BCUT2D eigenvalue weighted by Gasteiger charge is -2.11. The second-order valence-corrected chi connectivity index (χ2v) is 7.38. The van der Waals surface area contributed by atoms with Crippen molar-refractivity contribution in [2.75, 3.05) is 0 Å². The van der Waals surface area contributed by atoms with Crippen LogP contribution in [0.2, 0.25) is 5.02 Å². The Bertz CT molecular complexity index is 1390. The minimum absolute atomic E-state index is 0.417. The van der Waals surface area contributed by atoms with Crippen molar-refractivity contribution in [3.05, 3.63) is 108 Å². The first-order valence-electron chi connectivity index (χ1n) is 9.55. The van der Waals surface area contributed by atoms with Crippen molar-refractivity contribution in [3.63, 3.8) is 0 Å². The fraction of sp³-hybridized carbons (Fsp3) is 0. The molecule has 3 nitrogen and oxygen atoms in total. The quantitative estimate of drug-likeness (QED) is 0.239. The highest BCUT2D eigenvalue weighted by molar-refractivity contribution is 6.30. The number of benzene rings is 4. The molecule has 30 heavy (non-hydrogen) atoms. The van der Waals surface area contributed by atoms with E-state index >= 15 is 0 Å². The number of hydrogen-bond donors (Lipinski definition) is 0. The molecule has 5 rings (SSSR count). The zero-order valence-corrected chi connectivity index (χ0v) is 16.6. The monoisotopic (exact) mass is 409 g/mol. The number of nitrogens with zero attached hydrogens (tertiary/aromatic N) is 1. The van der Waals surface area contributed by atoms with E-state index in [0.717, 1.165) is 27.2 Å². The summed E-state index contributed by atoms with van der Waals surface area (Å²) in [5.41, 5.74) is 2.77. The summed E-state index contributed by atoms with van der Waals surface area (Å²) in [7, 11) is 0. The van der Waals surface area contributed by atoms with Gasteiger partial charge >= 0.3 is 5.97 Å². The van der Waals surface area contributed by atoms with E-state index in [4.69, 9.17) is 21.3 Å². The van der Waals surface area contributed by atoms with Crippen molar-refractivity contribution in [2.24, 2.45) is 0 Å². The molecule has 0 aliphatic heterocycles. The molecule has 0 unspecified atom stereocenters. The Hall–Kier alpha value is -3.69. The Balaban J connectivity index is 1.62. The first-order chi connectivity index (χ1) is 14.7. The first kappa shape index (κ1) is 18.3. The molecule has 4 aromatic carbocycles. The van der Waals surface area contributed by atoms with E-state index in [9.17, 15) is 4.79 Å². The van der Waals surface area contributed by atoms with Crippen molar-refractivity contribution < 1.29 is 9.53 Å². The number of esters is 1. The molecule has 1 heterocycles. The van der Waals surface area contributed by atoms with Crippen LogP contribution < -0.4 is 4.74 Å². The van der Waals surface area contributed by atoms with Gasteiger partial charge in [0, 0.05) is 21.4 Å². The summed E-state index contributed by atoms with van der Waals surface area (Å²) < 4.78 is 5.84. The number of carbonyl (C=O) groups excluding carboxylic acids is 1. The highest BCUT2D eigenvalue weighted by Crippen LogP contribution is 2.29. The standard InChI is InChI=1S/C26H16ClNO2/c27-19-14-12-18(13-15-19)24-16-22(21-9-3-4-10-23(21)28-24)26(29)30-25-11-5-7-17-6-1-2-8-20(17)25/h1-16H. The third-order valence-corrected chi connectivity index (χ3v) is 5.28. The third-order valence-electron chi connectivity index (χ3n) is 5.03. The molecule has 5 aromatic rings. The summed E-state index contributed by atoms with van der Waals surface area (Å²) in [5.74, 6) is 0.118. The van der Waals surface area contributed by atoms with Crippen LogP contribution in [0.5, 0.6) is 5.75 Å². The molecule has 4 heteroatoms. The summed E-state index contributed by atoms with van der Waals surface area (Å²) in [6.07, 6.45) is 0. The van der Waals surface area contributed by atoms with Gasteiger partial charge in [-0.15, -0.1) is 0 Å². The smallest absolute Gasteiger partial charge is 0.344 e. The van der Waals surface area contributed by atoms with Crippen LogP contribution >= 0.6 is 11.6 Å². The fourth-order valence-electron chi connectivity index (χ4n) is 3.55. The molecule has 0 bridgehead atoms. The molecule has 1 aromatic heterocycles. The van der Waals surface area contributed by atoms with Crippen LogP contribution in [0.3, 0.4) is 0 Å². The molecule has 144 valence electrons. The zero-order chi connectivity index (χ0) is 20.5. The second-order valence-electron chi connectivity index (χ2n) is 6.95. The Kier molecular flexibility index (Phi) is 4.66. The van der Waals surface area contributed by atoms with E-state index in [0.29, 0.717) is 22.0 Å². The molecule has 0 aliphatic carbocycles. The van der Waals surface area contributed by atoms with Crippen LogP contribution in [0.4, 0.5) is 0 Å². The number of rotatable bonds is 3. The lowest BCUT2D eigenvalue weighted by molar-refractivity contribution is 0.0739. The van der Waals surface area contributed by atoms with Gasteiger partial charge in [0.1, 0.15) is 5.75 Å². The van der Waals surface area contributed by atoms with E-state index in [-0.39, 0.29) is 0 Å². The number of hydrogen-bond acceptors (Lipinski definition) is 3. The van der Waals surface area contributed by atoms with E-state index in [2.05, 4.69) is 0 Å². The van der Waals surface area contributed by atoms with Gasteiger partial charge in [-0.3, -0.25) is 0 Å².